The third-order valence-corrected chi connectivity index (χ3v) is 2.90. The Bertz CT molecular complexity index is 179. The maximum Gasteiger partial charge on any atom is 0.0696 e. The van der Waals surface area contributed by atoms with Gasteiger partial charge >= 0.3 is 0 Å². The highest BCUT2D eigenvalue weighted by Gasteiger charge is 2.27. The van der Waals surface area contributed by atoms with Crippen molar-refractivity contribution in [1.82, 2.24) is 5.32 Å². The molecular formula is C12H23NO. The summed E-state index contributed by atoms with van der Waals surface area (Å²) in [7, 11) is 0. The molecule has 0 spiro atoms. The van der Waals surface area contributed by atoms with Gasteiger partial charge in [-0.25, -0.2) is 0 Å². The standard InChI is InChI=1S/C12H23NO/c1-4-5-11-12(14)7-6-10(13-11)8-9(2)3/h4,9-14H,1,5-8H2,2-3H3/t10-,11-,12-/m1/s1. The van der Waals surface area contributed by atoms with Gasteiger partial charge in [-0.1, -0.05) is 19.9 Å². The molecule has 2 heteroatoms. The summed E-state index contributed by atoms with van der Waals surface area (Å²) in [6.45, 7) is 8.21. The Balaban J connectivity index is 2.40. The summed E-state index contributed by atoms with van der Waals surface area (Å²) in [4.78, 5) is 0. The van der Waals surface area contributed by atoms with Crippen molar-refractivity contribution in [2.24, 2.45) is 5.92 Å². The van der Waals surface area contributed by atoms with Crippen molar-refractivity contribution in [3.05, 3.63) is 12.7 Å². The van der Waals surface area contributed by atoms with E-state index >= 15 is 0 Å². The van der Waals surface area contributed by atoms with Crippen LogP contribution in [0.1, 0.15) is 39.5 Å². The monoisotopic (exact) mass is 197 g/mol. The van der Waals surface area contributed by atoms with Crippen LogP contribution in [0.3, 0.4) is 0 Å². The lowest BCUT2D eigenvalue weighted by Gasteiger charge is -2.35. The van der Waals surface area contributed by atoms with Crippen LogP contribution in [0.5, 0.6) is 0 Å². The number of aliphatic hydroxyl groups excluding tert-OH is 1. The van der Waals surface area contributed by atoms with Crippen molar-refractivity contribution in [1.29, 1.82) is 0 Å². The molecule has 3 atom stereocenters. The molecule has 0 aliphatic carbocycles. The molecular weight excluding hydrogens is 174 g/mol. The summed E-state index contributed by atoms with van der Waals surface area (Å²) in [5.74, 6) is 0.729. The largest absolute Gasteiger partial charge is 0.391 e. The van der Waals surface area contributed by atoms with Crippen LogP contribution >= 0.6 is 0 Å². The Kier molecular flexibility index (Phi) is 4.63. The van der Waals surface area contributed by atoms with Crippen molar-refractivity contribution in [3.8, 4) is 0 Å². The van der Waals surface area contributed by atoms with Gasteiger partial charge in [0.25, 0.3) is 0 Å². The van der Waals surface area contributed by atoms with Crippen molar-refractivity contribution < 1.29 is 5.11 Å². The predicted octanol–water partition coefficient (Wildman–Crippen LogP) is 2.09. The molecule has 0 amide bonds. The first-order valence-electron chi connectivity index (χ1n) is 5.68. The zero-order valence-corrected chi connectivity index (χ0v) is 9.37. The van der Waals surface area contributed by atoms with E-state index in [1.54, 1.807) is 0 Å². The van der Waals surface area contributed by atoms with E-state index in [0.29, 0.717) is 6.04 Å². The van der Waals surface area contributed by atoms with Crippen LogP contribution in [-0.2, 0) is 0 Å². The van der Waals surface area contributed by atoms with Crippen LogP contribution in [0, 0.1) is 5.92 Å². The molecule has 0 aromatic heterocycles. The van der Waals surface area contributed by atoms with Gasteiger partial charge in [-0.3, -0.25) is 0 Å². The second-order valence-corrected chi connectivity index (χ2v) is 4.77. The summed E-state index contributed by atoms with van der Waals surface area (Å²) in [6.07, 6.45) is 5.82. The number of aliphatic hydroxyl groups is 1. The first kappa shape index (κ1) is 11.7. The number of hydrogen-bond acceptors (Lipinski definition) is 2. The van der Waals surface area contributed by atoms with Gasteiger partial charge in [0.05, 0.1) is 6.10 Å². The van der Waals surface area contributed by atoms with Crippen molar-refractivity contribution in [3.63, 3.8) is 0 Å². The molecule has 0 unspecified atom stereocenters. The molecule has 82 valence electrons. The second-order valence-electron chi connectivity index (χ2n) is 4.77. The Morgan fingerprint density at radius 1 is 1.50 bits per heavy atom. The topological polar surface area (TPSA) is 32.3 Å². The van der Waals surface area contributed by atoms with Gasteiger partial charge in [0.1, 0.15) is 0 Å². The SMILES string of the molecule is C=CC[C@H]1N[C@@H](CC(C)C)CC[C@H]1O. The van der Waals surface area contributed by atoms with E-state index in [4.69, 9.17) is 0 Å². The fourth-order valence-corrected chi connectivity index (χ4v) is 2.23. The van der Waals surface area contributed by atoms with E-state index in [-0.39, 0.29) is 12.1 Å². The molecule has 2 nitrogen and oxygen atoms in total. The highest BCUT2D eigenvalue weighted by atomic mass is 16.3. The number of nitrogens with one attached hydrogen (secondary N) is 1. The fraction of sp³-hybridized carbons (Fsp3) is 0.833. The molecule has 0 bridgehead atoms. The Hall–Kier alpha value is -0.340. The summed E-state index contributed by atoms with van der Waals surface area (Å²) in [5.41, 5.74) is 0. The molecule has 1 fully saturated rings. The van der Waals surface area contributed by atoms with Crippen LogP contribution in [0.25, 0.3) is 0 Å². The summed E-state index contributed by atoms with van der Waals surface area (Å²) in [6, 6.07) is 0.813. The van der Waals surface area contributed by atoms with Crippen molar-refractivity contribution in [2.75, 3.05) is 0 Å². The van der Waals surface area contributed by atoms with Gasteiger partial charge in [-0.15, -0.1) is 6.58 Å². The molecule has 0 saturated carbocycles. The maximum absolute atomic E-state index is 9.74. The summed E-state index contributed by atoms with van der Waals surface area (Å²) < 4.78 is 0. The van der Waals surface area contributed by atoms with E-state index in [0.717, 1.165) is 25.2 Å². The minimum Gasteiger partial charge on any atom is -0.391 e. The lowest BCUT2D eigenvalue weighted by molar-refractivity contribution is 0.0765. The molecule has 14 heavy (non-hydrogen) atoms. The molecule has 1 rings (SSSR count). The third kappa shape index (κ3) is 3.43. The first-order chi connectivity index (χ1) is 6.63. The van der Waals surface area contributed by atoms with Gasteiger partial charge in [0.2, 0.25) is 0 Å². The lowest BCUT2D eigenvalue weighted by Crippen LogP contribution is -2.50. The average molecular weight is 197 g/mol. The molecule has 1 saturated heterocycles. The quantitative estimate of drug-likeness (QED) is 0.676. The van der Waals surface area contributed by atoms with E-state index in [9.17, 15) is 5.11 Å². The van der Waals surface area contributed by atoms with Gasteiger partial charge in [0.15, 0.2) is 0 Å². The third-order valence-electron chi connectivity index (χ3n) is 2.90. The normalized spacial score (nSPS) is 33.3. The Labute approximate surface area is 87.4 Å². The van der Waals surface area contributed by atoms with Crippen LogP contribution in [-0.4, -0.2) is 23.3 Å². The van der Waals surface area contributed by atoms with Gasteiger partial charge in [-0.05, 0) is 31.6 Å². The number of piperidine rings is 1. The average Bonchev–Trinajstić information content (AvgIpc) is 2.10. The molecule has 0 aromatic carbocycles. The minimum atomic E-state index is -0.184. The molecule has 2 N–H and O–H groups in total. The van der Waals surface area contributed by atoms with Gasteiger partial charge < -0.3 is 10.4 Å². The Morgan fingerprint density at radius 2 is 2.21 bits per heavy atom. The van der Waals surface area contributed by atoms with Gasteiger partial charge in [-0.2, -0.15) is 0 Å². The van der Waals surface area contributed by atoms with E-state index < -0.39 is 0 Å². The van der Waals surface area contributed by atoms with Crippen LogP contribution in [0.2, 0.25) is 0 Å². The second kappa shape index (κ2) is 5.52. The molecule has 1 heterocycles. The highest BCUT2D eigenvalue weighted by Crippen LogP contribution is 2.20. The van der Waals surface area contributed by atoms with Crippen LogP contribution in [0.4, 0.5) is 0 Å². The van der Waals surface area contributed by atoms with Crippen LogP contribution < -0.4 is 5.32 Å². The first-order valence-corrected chi connectivity index (χ1v) is 5.68. The van der Waals surface area contributed by atoms with Crippen molar-refractivity contribution in [2.45, 2.75) is 57.7 Å². The van der Waals surface area contributed by atoms with E-state index in [1.165, 1.54) is 6.42 Å². The van der Waals surface area contributed by atoms with E-state index in [2.05, 4.69) is 25.7 Å². The number of rotatable bonds is 4. The van der Waals surface area contributed by atoms with E-state index in [1.807, 2.05) is 6.08 Å². The molecule has 1 aliphatic heterocycles. The zero-order valence-electron chi connectivity index (χ0n) is 9.37. The lowest BCUT2D eigenvalue weighted by atomic mass is 9.89. The van der Waals surface area contributed by atoms with Crippen molar-refractivity contribution >= 4 is 0 Å². The molecule has 0 radical (unpaired) electrons. The molecule has 0 aromatic rings. The highest BCUT2D eigenvalue weighted by molar-refractivity contribution is 4.90. The minimum absolute atomic E-state index is 0.184. The summed E-state index contributed by atoms with van der Waals surface area (Å²) in [5, 5.41) is 13.3. The maximum atomic E-state index is 9.74. The fourth-order valence-electron chi connectivity index (χ4n) is 2.23. The smallest absolute Gasteiger partial charge is 0.0696 e. The number of hydrogen-bond donors (Lipinski definition) is 2. The molecule has 1 aliphatic rings. The Morgan fingerprint density at radius 3 is 2.79 bits per heavy atom. The predicted molar refractivity (Wildman–Crippen MR) is 60.2 cm³/mol. The van der Waals surface area contributed by atoms with Gasteiger partial charge in [0, 0.05) is 12.1 Å². The van der Waals surface area contributed by atoms with Crippen LogP contribution in [0.15, 0.2) is 12.7 Å². The summed E-state index contributed by atoms with van der Waals surface area (Å²) >= 11 is 0. The zero-order chi connectivity index (χ0) is 10.6.